The highest BCUT2D eigenvalue weighted by molar-refractivity contribution is 6.32. The average molecular weight is 370 g/mol. The molecule has 2 N–H and O–H groups in total. The number of benzene rings is 2. The molecule has 3 aromatic rings. The Bertz CT molecular complexity index is 896. The first kappa shape index (κ1) is 16.9. The highest BCUT2D eigenvalue weighted by Gasteiger charge is 2.25. The number of imidazole rings is 1. The molecule has 26 heavy (non-hydrogen) atoms. The van der Waals surface area contributed by atoms with E-state index in [1.54, 1.807) is 12.5 Å². The van der Waals surface area contributed by atoms with Crippen molar-refractivity contribution < 1.29 is 9.47 Å². The van der Waals surface area contributed by atoms with E-state index in [4.69, 9.17) is 26.8 Å². The van der Waals surface area contributed by atoms with E-state index in [0.717, 1.165) is 41.2 Å². The number of halogens is 1. The van der Waals surface area contributed by atoms with E-state index < -0.39 is 0 Å². The number of para-hydroxylation sites is 1. The van der Waals surface area contributed by atoms with Crippen LogP contribution in [0.3, 0.4) is 0 Å². The maximum Gasteiger partial charge on any atom is 0.141 e. The lowest BCUT2D eigenvalue weighted by atomic mass is 10.00. The first-order chi connectivity index (χ1) is 12.7. The van der Waals surface area contributed by atoms with Crippen molar-refractivity contribution in [1.29, 1.82) is 0 Å². The van der Waals surface area contributed by atoms with Gasteiger partial charge in [0.1, 0.15) is 24.2 Å². The summed E-state index contributed by atoms with van der Waals surface area (Å²) >= 11 is 6.45. The molecule has 0 aliphatic carbocycles. The molecule has 134 valence electrons. The van der Waals surface area contributed by atoms with Crippen LogP contribution in [0.5, 0.6) is 11.5 Å². The molecule has 0 fully saturated rings. The molecule has 2 aromatic carbocycles. The van der Waals surface area contributed by atoms with Crippen LogP contribution in [-0.4, -0.2) is 28.8 Å². The van der Waals surface area contributed by atoms with Crippen molar-refractivity contribution in [3.8, 4) is 22.6 Å². The van der Waals surface area contributed by atoms with Crippen LogP contribution in [0, 0.1) is 0 Å². The lowest BCUT2D eigenvalue weighted by molar-refractivity contribution is 0.241. The van der Waals surface area contributed by atoms with Gasteiger partial charge in [0.2, 0.25) is 0 Å². The molecule has 1 aliphatic rings. The van der Waals surface area contributed by atoms with Crippen LogP contribution in [0.2, 0.25) is 5.02 Å². The standard InChI is InChI=1S/C20H20ClN3O2/c21-18-11-14(9-15-10-16(12-22)26-20(15)18)17-3-1-2-4-19(17)25-8-7-24-6-5-23-13-24/h1-6,9,11,13,16H,7-8,10,12,22H2. The Labute approximate surface area is 157 Å². The minimum absolute atomic E-state index is 0.000533. The van der Waals surface area contributed by atoms with Gasteiger partial charge in [-0.15, -0.1) is 0 Å². The van der Waals surface area contributed by atoms with Crippen LogP contribution in [0.1, 0.15) is 5.56 Å². The molecule has 1 atom stereocenters. The van der Waals surface area contributed by atoms with Crippen LogP contribution in [0.25, 0.3) is 11.1 Å². The summed E-state index contributed by atoms with van der Waals surface area (Å²) in [7, 11) is 0. The van der Waals surface area contributed by atoms with Crippen molar-refractivity contribution in [1.82, 2.24) is 9.55 Å². The van der Waals surface area contributed by atoms with Crippen molar-refractivity contribution in [2.24, 2.45) is 5.73 Å². The molecule has 6 heteroatoms. The number of rotatable bonds is 6. The molecule has 1 aromatic heterocycles. The number of nitrogens with zero attached hydrogens (tertiary/aromatic N) is 2. The number of hydrogen-bond donors (Lipinski definition) is 1. The number of ether oxygens (including phenoxy) is 2. The third kappa shape index (κ3) is 3.41. The number of fused-ring (bicyclic) bond motifs is 1. The van der Waals surface area contributed by atoms with Gasteiger partial charge in [-0.3, -0.25) is 0 Å². The molecule has 0 saturated carbocycles. The molecule has 0 amide bonds. The lowest BCUT2D eigenvalue weighted by Gasteiger charge is -2.13. The summed E-state index contributed by atoms with van der Waals surface area (Å²) in [6, 6.07) is 12.0. The summed E-state index contributed by atoms with van der Waals surface area (Å²) in [6.07, 6.45) is 6.24. The third-order valence-corrected chi connectivity index (χ3v) is 4.76. The summed E-state index contributed by atoms with van der Waals surface area (Å²) in [5.74, 6) is 1.59. The van der Waals surface area contributed by atoms with Gasteiger partial charge in [0, 0.05) is 36.5 Å². The highest BCUT2D eigenvalue weighted by Crippen LogP contribution is 2.41. The van der Waals surface area contributed by atoms with E-state index in [1.807, 2.05) is 41.1 Å². The van der Waals surface area contributed by atoms with Crippen LogP contribution in [0.15, 0.2) is 55.1 Å². The first-order valence-corrected chi connectivity index (χ1v) is 8.99. The van der Waals surface area contributed by atoms with E-state index in [0.29, 0.717) is 18.2 Å². The van der Waals surface area contributed by atoms with Crippen LogP contribution in [0.4, 0.5) is 0 Å². The highest BCUT2D eigenvalue weighted by atomic mass is 35.5. The van der Waals surface area contributed by atoms with E-state index in [9.17, 15) is 0 Å². The Hall–Kier alpha value is -2.50. The molecular weight excluding hydrogens is 350 g/mol. The molecule has 1 aliphatic heterocycles. The summed E-state index contributed by atoms with van der Waals surface area (Å²) in [4.78, 5) is 4.04. The van der Waals surface area contributed by atoms with Gasteiger partial charge in [0.05, 0.1) is 17.9 Å². The average Bonchev–Trinajstić information content (AvgIpc) is 3.31. The molecule has 0 saturated heterocycles. The van der Waals surface area contributed by atoms with Crippen molar-refractivity contribution in [2.75, 3.05) is 13.2 Å². The molecule has 4 rings (SSSR count). The first-order valence-electron chi connectivity index (χ1n) is 8.61. The SMILES string of the molecule is NCC1Cc2cc(-c3ccccc3OCCn3ccnc3)cc(Cl)c2O1. The summed E-state index contributed by atoms with van der Waals surface area (Å²) in [5, 5.41) is 0.613. The Kier molecular flexibility index (Phi) is 4.82. The van der Waals surface area contributed by atoms with Crippen molar-refractivity contribution in [3.05, 3.63) is 65.7 Å². The number of aromatic nitrogens is 2. The smallest absolute Gasteiger partial charge is 0.141 e. The Morgan fingerprint density at radius 2 is 2.19 bits per heavy atom. The van der Waals surface area contributed by atoms with Gasteiger partial charge in [-0.1, -0.05) is 29.8 Å². The second kappa shape index (κ2) is 7.40. The Morgan fingerprint density at radius 3 is 3.00 bits per heavy atom. The fraction of sp³-hybridized carbons (Fsp3) is 0.250. The van der Waals surface area contributed by atoms with Crippen molar-refractivity contribution >= 4 is 11.6 Å². The maximum absolute atomic E-state index is 6.45. The zero-order valence-corrected chi connectivity index (χ0v) is 15.0. The zero-order chi connectivity index (χ0) is 17.9. The van der Waals surface area contributed by atoms with E-state index in [1.165, 1.54) is 0 Å². The van der Waals surface area contributed by atoms with Crippen LogP contribution >= 0.6 is 11.6 Å². The van der Waals surface area contributed by atoms with Gasteiger partial charge in [0.15, 0.2) is 0 Å². The zero-order valence-electron chi connectivity index (χ0n) is 14.3. The minimum atomic E-state index is -0.000533. The minimum Gasteiger partial charge on any atom is -0.491 e. The fourth-order valence-corrected chi connectivity index (χ4v) is 3.47. The maximum atomic E-state index is 6.45. The molecule has 0 spiro atoms. The van der Waals surface area contributed by atoms with Gasteiger partial charge in [-0.05, 0) is 23.8 Å². The largest absolute Gasteiger partial charge is 0.491 e. The van der Waals surface area contributed by atoms with Gasteiger partial charge in [-0.25, -0.2) is 4.98 Å². The molecule has 0 bridgehead atoms. The topological polar surface area (TPSA) is 62.3 Å². The monoisotopic (exact) mass is 369 g/mol. The molecule has 5 nitrogen and oxygen atoms in total. The van der Waals surface area contributed by atoms with Crippen molar-refractivity contribution in [2.45, 2.75) is 19.1 Å². The molecular formula is C20H20ClN3O2. The summed E-state index contributed by atoms with van der Waals surface area (Å²) in [5.41, 5.74) is 8.87. The summed E-state index contributed by atoms with van der Waals surface area (Å²) in [6.45, 7) is 1.78. The van der Waals surface area contributed by atoms with Crippen LogP contribution < -0.4 is 15.2 Å². The third-order valence-electron chi connectivity index (χ3n) is 4.48. The predicted octanol–water partition coefficient (Wildman–Crippen LogP) is 3.54. The van der Waals surface area contributed by atoms with Crippen LogP contribution in [-0.2, 0) is 13.0 Å². The Morgan fingerprint density at radius 1 is 1.31 bits per heavy atom. The van der Waals surface area contributed by atoms with Gasteiger partial charge in [0.25, 0.3) is 0 Å². The predicted molar refractivity (Wildman–Crippen MR) is 102 cm³/mol. The second-order valence-electron chi connectivity index (χ2n) is 6.27. The second-order valence-corrected chi connectivity index (χ2v) is 6.68. The summed E-state index contributed by atoms with van der Waals surface area (Å²) < 4.78 is 13.8. The van der Waals surface area contributed by atoms with E-state index >= 15 is 0 Å². The quantitative estimate of drug-likeness (QED) is 0.721. The normalized spacial score (nSPS) is 15.5. The molecule has 0 radical (unpaired) electrons. The van der Waals surface area contributed by atoms with Gasteiger partial charge >= 0.3 is 0 Å². The Balaban J connectivity index is 1.57. The fourth-order valence-electron chi connectivity index (χ4n) is 3.19. The van der Waals surface area contributed by atoms with Crippen molar-refractivity contribution in [3.63, 3.8) is 0 Å². The van der Waals surface area contributed by atoms with E-state index in [-0.39, 0.29) is 6.10 Å². The molecule has 1 unspecified atom stereocenters. The van der Waals surface area contributed by atoms with Gasteiger partial charge < -0.3 is 19.8 Å². The molecule has 2 heterocycles. The lowest BCUT2D eigenvalue weighted by Crippen LogP contribution is -2.24. The number of hydrogen-bond acceptors (Lipinski definition) is 4. The van der Waals surface area contributed by atoms with E-state index in [2.05, 4.69) is 11.1 Å². The number of nitrogens with two attached hydrogens (primary N) is 1. The van der Waals surface area contributed by atoms with Gasteiger partial charge in [-0.2, -0.15) is 0 Å².